The van der Waals surface area contributed by atoms with Crippen LogP contribution in [0.1, 0.15) is 20.8 Å². The number of halogens is 2. The number of hydrogen-bond acceptors (Lipinski definition) is 4. The second-order valence-corrected chi connectivity index (χ2v) is 6.16. The van der Waals surface area contributed by atoms with Crippen molar-refractivity contribution in [3.8, 4) is 0 Å². The van der Waals surface area contributed by atoms with Gasteiger partial charge >= 0.3 is 0 Å². The number of rotatable bonds is 3. The van der Waals surface area contributed by atoms with Gasteiger partial charge in [0, 0.05) is 13.1 Å². The van der Waals surface area contributed by atoms with Crippen molar-refractivity contribution in [3.63, 3.8) is 0 Å². The van der Waals surface area contributed by atoms with Crippen LogP contribution in [0.5, 0.6) is 0 Å². The standard InChI is InChI=1S/C17H15Cl2N3O3/c18-12-5-6-14(19)21-15(12)16(23)20-13-4-2-1-3-11(13)17(24)22-7-9-25-10-8-22/h1-6H,7-10H2,(H,20,23). The minimum atomic E-state index is -0.533. The second kappa shape index (κ2) is 7.82. The maximum absolute atomic E-state index is 12.7. The molecule has 2 aromatic rings. The van der Waals surface area contributed by atoms with Gasteiger partial charge in [0.05, 0.1) is 29.5 Å². The van der Waals surface area contributed by atoms with E-state index < -0.39 is 5.91 Å². The molecule has 0 unspecified atom stereocenters. The number of para-hydroxylation sites is 1. The van der Waals surface area contributed by atoms with E-state index in [4.69, 9.17) is 27.9 Å². The van der Waals surface area contributed by atoms with E-state index in [9.17, 15) is 9.59 Å². The molecule has 0 spiro atoms. The van der Waals surface area contributed by atoms with Crippen LogP contribution in [0.3, 0.4) is 0 Å². The molecule has 0 bridgehead atoms. The van der Waals surface area contributed by atoms with E-state index in [1.807, 2.05) is 0 Å². The Morgan fingerprint density at radius 1 is 1.08 bits per heavy atom. The van der Waals surface area contributed by atoms with E-state index in [2.05, 4.69) is 10.3 Å². The van der Waals surface area contributed by atoms with Crippen LogP contribution >= 0.6 is 23.2 Å². The molecule has 1 aliphatic heterocycles. The van der Waals surface area contributed by atoms with Gasteiger partial charge in [-0.05, 0) is 24.3 Å². The fourth-order valence-corrected chi connectivity index (χ4v) is 2.81. The van der Waals surface area contributed by atoms with Gasteiger partial charge in [0.25, 0.3) is 11.8 Å². The van der Waals surface area contributed by atoms with Gasteiger partial charge in [-0.1, -0.05) is 35.3 Å². The molecule has 2 heterocycles. The maximum Gasteiger partial charge on any atom is 0.275 e. The van der Waals surface area contributed by atoms with Crippen LogP contribution in [-0.4, -0.2) is 48.0 Å². The number of amides is 2. The van der Waals surface area contributed by atoms with Crippen LogP contribution < -0.4 is 5.32 Å². The molecule has 0 saturated carbocycles. The topological polar surface area (TPSA) is 71.5 Å². The van der Waals surface area contributed by atoms with Gasteiger partial charge in [0.1, 0.15) is 10.8 Å². The van der Waals surface area contributed by atoms with E-state index in [1.165, 1.54) is 12.1 Å². The predicted molar refractivity (Wildman–Crippen MR) is 95.4 cm³/mol. The number of pyridine rings is 1. The lowest BCUT2D eigenvalue weighted by Crippen LogP contribution is -2.41. The maximum atomic E-state index is 12.7. The van der Waals surface area contributed by atoms with Gasteiger partial charge in [0.15, 0.2) is 0 Å². The molecule has 25 heavy (non-hydrogen) atoms. The van der Waals surface area contributed by atoms with Crippen LogP contribution in [0.2, 0.25) is 10.2 Å². The van der Waals surface area contributed by atoms with E-state index in [-0.39, 0.29) is 21.8 Å². The van der Waals surface area contributed by atoms with Crippen LogP contribution in [0.15, 0.2) is 36.4 Å². The number of hydrogen-bond donors (Lipinski definition) is 1. The van der Waals surface area contributed by atoms with Gasteiger partial charge in [0.2, 0.25) is 0 Å². The first-order valence-electron chi connectivity index (χ1n) is 7.65. The molecule has 130 valence electrons. The van der Waals surface area contributed by atoms with Gasteiger partial charge in [-0.2, -0.15) is 0 Å². The fraction of sp³-hybridized carbons (Fsp3) is 0.235. The molecular formula is C17H15Cl2N3O3. The van der Waals surface area contributed by atoms with Crippen LogP contribution in [0, 0.1) is 0 Å². The molecule has 1 aromatic carbocycles. The molecule has 1 aliphatic rings. The molecule has 1 fully saturated rings. The minimum absolute atomic E-state index is 0.00258. The molecule has 1 saturated heterocycles. The normalized spacial score (nSPS) is 14.2. The highest BCUT2D eigenvalue weighted by molar-refractivity contribution is 6.35. The zero-order valence-corrected chi connectivity index (χ0v) is 14.7. The molecule has 2 amide bonds. The van der Waals surface area contributed by atoms with Crippen molar-refractivity contribution in [2.24, 2.45) is 0 Å². The van der Waals surface area contributed by atoms with Crippen molar-refractivity contribution in [2.75, 3.05) is 31.6 Å². The second-order valence-electron chi connectivity index (χ2n) is 5.37. The quantitative estimate of drug-likeness (QED) is 0.831. The average Bonchev–Trinajstić information content (AvgIpc) is 2.64. The molecular weight excluding hydrogens is 365 g/mol. The van der Waals surface area contributed by atoms with Crippen LogP contribution in [-0.2, 0) is 4.74 Å². The third-order valence-corrected chi connectivity index (χ3v) is 4.25. The zero-order valence-electron chi connectivity index (χ0n) is 13.2. The largest absolute Gasteiger partial charge is 0.378 e. The first-order chi connectivity index (χ1) is 12.1. The smallest absolute Gasteiger partial charge is 0.275 e. The summed E-state index contributed by atoms with van der Waals surface area (Å²) in [5.74, 6) is -0.695. The highest BCUT2D eigenvalue weighted by Crippen LogP contribution is 2.22. The van der Waals surface area contributed by atoms with E-state index >= 15 is 0 Å². The van der Waals surface area contributed by atoms with Gasteiger partial charge in [-0.15, -0.1) is 0 Å². The van der Waals surface area contributed by atoms with Crippen LogP contribution in [0.4, 0.5) is 5.69 Å². The Bertz CT molecular complexity index is 807. The lowest BCUT2D eigenvalue weighted by atomic mass is 10.1. The fourth-order valence-electron chi connectivity index (χ4n) is 2.47. The molecule has 0 atom stereocenters. The lowest BCUT2D eigenvalue weighted by molar-refractivity contribution is 0.0303. The summed E-state index contributed by atoms with van der Waals surface area (Å²) >= 11 is 11.8. The van der Waals surface area contributed by atoms with E-state index in [1.54, 1.807) is 29.2 Å². The summed E-state index contributed by atoms with van der Waals surface area (Å²) in [4.78, 5) is 30.8. The van der Waals surface area contributed by atoms with E-state index in [0.29, 0.717) is 37.6 Å². The number of nitrogens with one attached hydrogen (secondary N) is 1. The number of carbonyl (C=O) groups is 2. The summed E-state index contributed by atoms with van der Waals surface area (Å²) in [6.45, 7) is 2.04. The highest BCUT2D eigenvalue weighted by atomic mass is 35.5. The Hall–Kier alpha value is -2.15. The number of aromatic nitrogens is 1. The third kappa shape index (κ3) is 4.10. The Kier molecular flexibility index (Phi) is 5.53. The lowest BCUT2D eigenvalue weighted by Gasteiger charge is -2.27. The monoisotopic (exact) mass is 379 g/mol. The Labute approximate surface area is 154 Å². The molecule has 1 aromatic heterocycles. The number of carbonyl (C=O) groups excluding carboxylic acids is 2. The van der Waals surface area contributed by atoms with Gasteiger partial charge in [-0.25, -0.2) is 4.98 Å². The van der Waals surface area contributed by atoms with Crippen molar-refractivity contribution in [1.82, 2.24) is 9.88 Å². The zero-order chi connectivity index (χ0) is 17.8. The van der Waals surface area contributed by atoms with Crippen molar-refractivity contribution in [1.29, 1.82) is 0 Å². The molecule has 0 aliphatic carbocycles. The SMILES string of the molecule is O=C(Nc1ccccc1C(=O)N1CCOCC1)c1nc(Cl)ccc1Cl. The Morgan fingerprint density at radius 3 is 2.56 bits per heavy atom. The summed E-state index contributed by atoms with van der Waals surface area (Å²) in [5, 5.41) is 3.03. The first-order valence-corrected chi connectivity index (χ1v) is 8.41. The molecule has 3 rings (SSSR count). The number of benzene rings is 1. The molecule has 0 radical (unpaired) electrons. The predicted octanol–water partition coefficient (Wildman–Crippen LogP) is 3.11. The third-order valence-electron chi connectivity index (χ3n) is 3.73. The number of ether oxygens (including phenoxy) is 1. The minimum Gasteiger partial charge on any atom is -0.378 e. The molecule has 6 nitrogen and oxygen atoms in total. The first kappa shape index (κ1) is 17.7. The summed E-state index contributed by atoms with van der Waals surface area (Å²) < 4.78 is 5.26. The summed E-state index contributed by atoms with van der Waals surface area (Å²) in [7, 11) is 0. The number of anilines is 1. The Balaban J connectivity index is 1.84. The van der Waals surface area contributed by atoms with Crippen molar-refractivity contribution < 1.29 is 14.3 Å². The van der Waals surface area contributed by atoms with Crippen molar-refractivity contribution in [3.05, 3.63) is 57.8 Å². The highest BCUT2D eigenvalue weighted by Gasteiger charge is 2.22. The molecule has 8 heteroatoms. The van der Waals surface area contributed by atoms with Crippen molar-refractivity contribution in [2.45, 2.75) is 0 Å². The summed E-state index contributed by atoms with van der Waals surface area (Å²) in [6, 6.07) is 9.80. The average molecular weight is 380 g/mol. The number of morpholine rings is 1. The number of nitrogens with zero attached hydrogens (tertiary/aromatic N) is 2. The van der Waals surface area contributed by atoms with E-state index in [0.717, 1.165) is 0 Å². The Morgan fingerprint density at radius 2 is 1.80 bits per heavy atom. The van der Waals surface area contributed by atoms with Gasteiger partial charge in [-0.3, -0.25) is 9.59 Å². The summed E-state index contributed by atoms with van der Waals surface area (Å²) in [6.07, 6.45) is 0. The van der Waals surface area contributed by atoms with Crippen LogP contribution in [0.25, 0.3) is 0 Å². The summed E-state index contributed by atoms with van der Waals surface area (Å²) in [5.41, 5.74) is 0.792. The van der Waals surface area contributed by atoms with Crippen molar-refractivity contribution >= 4 is 40.7 Å². The van der Waals surface area contributed by atoms with Gasteiger partial charge < -0.3 is 15.0 Å². The molecule has 1 N–H and O–H groups in total.